The quantitative estimate of drug-likeness (QED) is 0.246. The van der Waals surface area contributed by atoms with Crippen molar-refractivity contribution < 1.29 is 4.92 Å². The van der Waals surface area contributed by atoms with Gasteiger partial charge < -0.3 is 10.6 Å². The van der Waals surface area contributed by atoms with Crippen molar-refractivity contribution in [2.24, 2.45) is 4.99 Å². The van der Waals surface area contributed by atoms with E-state index in [4.69, 9.17) is 0 Å². The zero-order valence-electron chi connectivity index (χ0n) is 13.7. The number of hydrogen-bond donors (Lipinski definition) is 2. The van der Waals surface area contributed by atoms with Crippen LogP contribution in [0.5, 0.6) is 0 Å². The first-order chi connectivity index (χ1) is 11.1. The largest absolute Gasteiger partial charge is 0.352 e. The number of nitro benzene ring substituents is 1. The van der Waals surface area contributed by atoms with Gasteiger partial charge in [-0.15, -0.1) is 24.0 Å². The fourth-order valence-corrected chi connectivity index (χ4v) is 2.19. The second kappa shape index (κ2) is 9.86. The van der Waals surface area contributed by atoms with E-state index in [1.807, 2.05) is 18.2 Å². The molecule has 2 rings (SSSR count). The Morgan fingerprint density at radius 1 is 1.08 bits per heavy atom. The van der Waals surface area contributed by atoms with Crippen LogP contribution in [0.1, 0.15) is 16.7 Å². The van der Waals surface area contributed by atoms with E-state index in [0.717, 1.165) is 5.56 Å². The van der Waals surface area contributed by atoms with Crippen LogP contribution in [0.15, 0.2) is 53.5 Å². The number of guanidine groups is 1. The van der Waals surface area contributed by atoms with Crippen molar-refractivity contribution in [3.8, 4) is 0 Å². The molecule has 0 aliphatic rings. The number of halogens is 1. The lowest BCUT2D eigenvalue weighted by Crippen LogP contribution is -2.36. The lowest BCUT2D eigenvalue weighted by molar-refractivity contribution is -0.384. The smallest absolute Gasteiger partial charge is 0.269 e. The zero-order valence-corrected chi connectivity index (χ0v) is 16.0. The number of non-ortho nitro benzene ring substituents is 1. The van der Waals surface area contributed by atoms with E-state index in [-0.39, 0.29) is 29.7 Å². The molecule has 2 aromatic carbocycles. The van der Waals surface area contributed by atoms with Gasteiger partial charge in [-0.3, -0.25) is 15.1 Å². The summed E-state index contributed by atoms with van der Waals surface area (Å²) in [7, 11) is 1.69. The summed E-state index contributed by atoms with van der Waals surface area (Å²) in [6.45, 7) is 3.18. The fourth-order valence-electron chi connectivity index (χ4n) is 2.19. The molecule has 2 N–H and O–H groups in total. The van der Waals surface area contributed by atoms with Gasteiger partial charge in [0.25, 0.3) is 5.69 Å². The number of aryl methyl sites for hydroxylation is 1. The Morgan fingerprint density at radius 2 is 1.67 bits per heavy atom. The van der Waals surface area contributed by atoms with Crippen molar-refractivity contribution in [2.45, 2.75) is 20.0 Å². The molecule has 0 fully saturated rings. The molecule has 0 spiro atoms. The second-order valence-corrected chi connectivity index (χ2v) is 5.20. The van der Waals surface area contributed by atoms with Gasteiger partial charge in [-0.05, 0) is 18.1 Å². The van der Waals surface area contributed by atoms with Crippen LogP contribution in [-0.2, 0) is 13.1 Å². The number of nitrogens with one attached hydrogen (secondary N) is 2. The predicted octanol–water partition coefficient (Wildman–Crippen LogP) is 3.39. The Bertz CT molecular complexity index is 719. The highest BCUT2D eigenvalue weighted by atomic mass is 127. The van der Waals surface area contributed by atoms with Crippen molar-refractivity contribution in [1.82, 2.24) is 10.6 Å². The molecule has 6 nitrogen and oxygen atoms in total. The molecule has 0 aromatic heterocycles. The normalized spacial score (nSPS) is 10.7. The molecule has 0 bridgehead atoms. The van der Waals surface area contributed by atoms with E-state index < -0.39 is 4.92 Å². The number of nitrogens with zero attached hydrogens (tertiary/aromatic N) is 2. The molecule has 2 aromatic rings. The summed E-state index contributed by atoms with van der Waals surface area (Å²) in [6, 6.07) is 14.8. The lowest BCUT2D eigenvalue weighted by Gasteiger charge is -2.12. The molecule has 0 radical (unpaired) electrons. The van der Waals surface area contributed by atoms with Gasteiger partial charge in [-0.25, -0.2) is 0 Å². The van der Waals surface area contributed by atoms with E-state index in [9.17, 15) is 10.1 Å². The van der Waals surface area contributed by atoms with Crippen molar-refractivity contribution in [3.05, 3.63) is 75.3 Å². The standard InChI is InChI=1S/C17H20N4O2.HI/c1-13-5-3-6-14(9-13)11-19-17(18-2)20-12-15-7-4-8-16(10-15)21(22)23;/h3-10H,11-12H2,1-2H3,(H2,18,19,20);1H. The summed E-state index contributed by atoms with van der Waals surface area (Å²) in [4.78, 5) is 14.5. The minimum absolute atomic E-state index is 0. The summed E-state index contributed by atoms with van der Waals surface area (Å²) in [5.74, 6) is 0.651. The predicted molar refractivity (Wildman–Crippen MR) is 107 cm³/mol. The third-order valence-electron chi connectivity index (χ3n) is 3.35. The average molecular weight is 440 g/mol. The number of hydrogen-bond acceptors (Lipinski definition) is 3. The maximum atomic E-state index is 10.8. The maximum Gasteiger partial charge on any atom is 0.269 e. The van der Waals surface area contributed by atoms with Crippen LogP contribution >= 0.6 is 24.0 Å². The van der Waals surface area contributed by atoms with Gasteiger partial charge in [0, 0.05) is 32.3 Å². The van der Waals surface area contributed by atoms with Crippen LogP contribution < -0.4 is 10.6 Å². The van der Waals surface area contributed by atoms with Gasteiger partial charge >= 0.3 is 0 Å². The highest BCUT2D eigenvalue weighted by molar-refractivity contribution is 14.0. The molecule has 128 valence electrons. The topological polar surface area (TPSA) is 79.6 Å². The van der Waals surface area contributed by atoms with Gasteiger partial charge in [0.15, 0.2) is 5.96 Å². The van der Waals surface area contributed by atoms with Crippen molar-refractivity contribution in [3.63, 3.8) is 0 Å². The Morgan fingerprint density at radius 3 is 2.21 bits per heavy atom. The van der Waals surface area contributed by atoms with Crippen molar-refractivity contribution in [1.29, 1.82) is 0 Å². The number of nitro groups is 1. The molecule has 0 amide bonds. The molecule has 0 aliphatic heterocycles. The van der Waals surface area contributed by atoms with E-state index in [1.54, 1.807) is 19.2 Å². The van der Waals surface area contributed by atoms with Crippen molar-refractivity contribution >= 4 is 35.6 Å². The monoisotopic (exact) mass is 440 g/mol. The van der Waals surface area contributed by atoms with Crippen LogP contribution in [0.2, 0.25) is 0 Å². The van der Waals surface area contributed by atoms with Gasteiger partial charge in [0.2, 0.25) is 0 Å². The Balaban J connectivity index is 0.00000288. The summed E-state index contributed by atoms with van der Waals surface area (Å²) in [5, 5.41) is 17.2. The Kier molecular flexibility index (Phi) is 8.17. The first-order valence-electron chi connectivity index (χ1n) is 7.32. The zero-order chi connectivity index (χ0) is 16.7. The molecule has 0 saturated heterocycles. The third kappa shape index (κ3) is 6.15. The van der Waals surface area contributed by atoms with E-state index in [2.05, 4.69) is 34.7 Å². The minimum atomic E-state index is -0.395. The first kappa shape index (κ1) is 19.9. The molecule has 7 heteroatoms. The summed E-state index contributed by atoms with van der Waals surface area (Å²) in [6.07, 6.45) is 0. The Hall–Kier alpha value is -2.16. The number of rotatable bonds is 5. The minimum Gasteiger partial charge on any atom is -0.352 e. The summed E-state index contributed by atoms with van der Waals surface area (Å²) < 4.78 is 0. The maximum absolute atomic E-state index is 10.8. The van der Waals surface area contributed by atoms with E-state index >= 15 is 0 Å². The molecule has 0 aliphatic carbocycles. The van der Waals surface area contributed by atoms with Crippen LogP contribution in [0, 0.1) is 17.0 Å². The summed E-state index contributed by atoms with van der Waals surface area (Å²) in [5.41, 5.74) is 3.30. The molecule has 24 heavy (non-hydrogen) atoms. The summed E-state index contributed by atoms with van der Waals surface area (Å²) >= 11 is 0. The molecule has 0 unspecified atom stereocenters. The highest BCUT2D eigenvalue weighted by Crippen LogP contribution is 2.12. The lowest BCUT2D eigenvalue weighted by atomic mass is 10.1. The van der Waals surface area contributed by atoms with Crippen LogP contribution in [-0.4, -0.2) is 17.9 Å². The highest BCUT2D eigenvalue weighted by Gasteiger charge is 2.06. The molecule has 0 atom stereocenters. The van der Waals surface area contributed by atoms with Crippen LogP contribution in [0.3, 0.4) is 0 Å². The molecule has 0 heterocycles. The molecular weight excluding hydrogens is 419 g/mol. The average Bonchev–Trinajstić information content (AvgIpc) is 2.55. The van der Waals surface area contributed by atoms with E-state index in [0.29, 0.717) is 19.0 Å². The van der Waals surface area contributed by atoms with Crippen LogP contribution in [0.4, 0.5) is 5.69 Å². The fraction of sp³-hybridized carbons (Fsp3) is 0.235. The van der Waals surface area contributed by atoms with Crippen LogP contribution in [0.25, 0.3) is 0 Å². The van der Waals surface area contributed by atoms with Gasteiger partial charge in [-0.2, -0.15) is 0 Å². The number of benzene rings is 2. The van der Waals surface area contributed by atoms with Gasteiger partial charge in [0.05, 0.1) is 4.92 Å². The third-order valence-corrected chi connectivity index (χ3v) is 3.35. The van der Waals surface area contributed by atoms with Gasteiger partial charge in [-0.1, -0.05) is 42.0 Å². The number of aliphatic imine (C=N–C) groups is 1. The SMILES string of the molecule is CN=C(NCc1cccc(C)c1)NCc1cccc([N+](=O)[O-])c1.I. The molecule has 0 saturated carbocycles. The van der Waals surface area contributed by atoms with E-state index in [1.165, 1.54) is 17.2 Å². The molecular formula is C17H21IN4O2. The van der Waals surface area contributed by atoms with Gasteiger partial charge in [0.1, 0.15) is 0 Å². The second-order valence-electron chi connectivity index (χ2n) is 5.20. The Labute approximate surface area is 158 Å². The van der Waals surface area contributed by atoms with Crippen molar-refractivity contribution in [2.75, 3.05) is 7.05 Å². The first-order valence-corrected chi connectivity index (χ1v) is 7.32.